The van der Waals surface area contributed by atoms with Crippen molar-refractivity contribution in [1.82, 2.24) is 4.98 Å². The molecule has 0 saturated carbocycles. The predicted molar refractivity (Wildman–Crippen MR) is 44.3 cm³/mol. The van der Waals surface area contributed by atoms with Gasteiger partial charge in [0.05, 0.1) is 11.8 Å². The van der Waals surface area contributed by atoms with Gasteiger partial charge in [0.2, 0.25) is 0 Å². The van der Waals surface area contributed by atoms with Gasteiger partial charge in [0.25, 0.3) is 0 Å². The average molecular weight is 151 g/mol. The van der Waals surface area contributed by atoms with Gasteiger partial charge in [0, 0.05) is 5.69 Å². The molecule has 0 amide bonds. The number of rotatable bonds is 1. The molecule has 11 heavy (non-hydrogen) atoms. The van der Waals surface area contributed by atoms with E-state index in [1.165, 1.54) is 0 Å². The highest BCUT2D eigenvalue weighted by molar-refractivity contribution is 5.20. The van der Waals surface area contributed by atoms with Crippen LogP contribution >= 0.6 is 0 Å². The first-order chi connectivity index (χ1) is 5.09. The van der Waals surface area contributed by atoms with Crippen molar-refractivity contribution >= 4 is 0 Å². The van der Waals surface area contributed by atoms with Crippen LogP contribution in [0, 0.1) is 13.8 Å². The SMILES string of the molecule is Cc1cc(C)nc([C@@H](C)O)c1. The zero-order valence-corrected chi connectivity index (χ0v) is 7.13. The molecule has 1 N–H and O–H groups in total. The van der Waals surface area contributed by atoms with E-state index in [9.17, 15) is 5.11 Å². The fourth-order valence-electron chi connectivity index (χ4n) is 1.09. The Labute approximate surface area is 66.9 Å². The van der Waals surface area contributed by atoms with Crippen molar-refractivity contribution in [2.45, 2.75) is 26.9 Å². The van der Waals surface area contributed by atoms with Crippen LogP contribution in [0.1, 0.15) is 30.0 Å². The van der Waals surface area contributed by atoms with Crippen LogP contribution in [0.15, 0.2) is 12.1 Å². The molecule has 1 heterocycles. The summed E-state index contributed by atoms with van der Waals surface area (Å²) in [6.07, 6.45) is -0.464. The highest BCUT2D eigenvalue weighted by atomic mass is 16.3. The molecule has 1 atom stereocenters. The monoisotopic (exact) mass is 151 g/mol. The van der Waals surface area contributed by atoms with E-state index < -0.39 is 6.10 Å². The van der Waals surface area contributed by atoms with Gasteiger partial charge >= 0.3 is 0 Å². The number of aliphatic hydroxyl groups is 1. The van der Waals surface area contributed by atoms with Crippen molar-refractivity contribution in [2.24, 2.45) is 0 Å². The summed E-state index contributed by atoms with van der Waals surface area (Å²) in [6, 6.07) is 3.89. The van der Waals surface area contributed by atoms with Gasteiger partial charge in [0.15, 0.2) is 0 Å². The van der Waals surface area contributed by atoms with Crippen LogP contribution in [0.5, 0.6) is 0 Å². The lowest BCUT2D eigenvalue weighted by molar-refractivity contribution is 0.194. The lowest BCUT2D eigenvalue weighted by Gasteiger charge is -2.05. The summed E-state index contributed by atoms with van der Waals surface area (Å²) < 4.78 is 0. The van der Waals surface area contributed by atoms with Crippen LogP contribution in [-0.2, 0) is 0 Å². The molecule has 2 nitrogen and oxygen atoms in total. The molecule has 1 aromatic rings. The zero-order chi connectivity index (χ0) is 8.43. The summed E-state index contributed by atoms with van der Waals surface area (Å²) in [6.45, 7) is 5.65. The molecular weight excluding hydrogens is 138 g/mol. The van der Waals surface area contributed by atoms with Gasteiger partial charge in [-0.2, -0.15) is 0 Å². The van der Waals surface area contributed by atoms with Crippen molar-refractivity contribution in [1.29, 1.82) is 0 Å². The van der Waals surface area contributed by atoms with Gasteiger partial charge < -0.3 is 5.11 Å². The fraction of sp³-hybridized carbons (Fsp3) is 0.444. The van der Waals surface area contributed by atoms with Gasteiger partial charge in [-0.25, -0.2) is 0 Å². The molecule has 60 valence electrons. The first kappa shape index (κ1) is 8.21. The van der Waals surface area contributed by atoms with Crippen LogP contribution in [0.4, 0.5) is 0 Å². The van der Waals surface area contributed by atoms with E-state index in [2.05, 4.69) is 4.98 Å². The summed E-state index contributed by atoms with van der Waals surface area (Å²) >= 11 is 0. The largest absolute Gasteiger partial charge is 0.387 e. The third-order valence-electron chi connectivity index (χ3n) is 1.55. The van der Waals surface area contributed by atoms with Gasteiger partial charge in [0.1, 0.15) is 0 Å². The Morgan fingerprint density at radius 1 is 1.36 bits per heavy atom. The second-order valence-corrected chi connectivity index (χ2v) is 2.89. The van der Waals surface area contributed by atoms with E-state index in [1.807, 2.05) is 26.0 Å². The van der Waals surface area contributed by atoms with E-state index in [0.717, 1.165) is 17.0 Å². The average Bonchev–Trinajstić information content (AvgIpc) is 1.85. The van der Waals surface area contributed by atoms with Crippen LogP contribution in [-0.4, -0.2) is 10.1 Å². The number of pyridine rings is 1. The Balaban J connectivity index is 3.08. The minimum absolute atomic E-state index is 0.464. The molecule has 0 spiro atoms. The Kier molecular flexibility index (Phi) is 2.25. The normalized spacial score (nSPS) is 13.1. The Bertz CT molecular complexity index is 235. The Morgan fingerprint density at radius 3 is 2.45 bits per heavy atom. The number of aromatic nitrogens is 1. The summed E-state index contributed by atoms with van der Waals surface area (Å²) in [4.78, 5) is 4.18. The van der Waals surface area contributed by atoms with Crippen molar-refractivity contribution in [3.8, 4) is 0 Å². The topological polar surface area (TPSA) is 33.1 Å². The van der Waals surface area contributed by atoms with E-state index >= 15 is 0 Å². The van der Waals surface area contributed by atoms with E-state index in [-0.39, 0.29) is 0 Å². The third-order valence-corrected chi connectivity index (χ3v) is 1.55. The predicted octanol–water partition coefficient (Wildman–Crippen LogP) is 1.75. The Morgan fingerprint density at radius 2 is 2.00 bits per heavy atom. The summed E-state index contributed by atoms with van der Waals surface area (Å²) in [5.74, 6) is 0. The quantitative estimate of drug-likeness (QED) is 0.663. The molecule has 0 bridgehead atoms. The minimum atomic E-state index is -0.464. The van der Waals surface area contributed by atoms with Gasteiger partial charge in [-0.1, -0.05) is 0 Å². The molecule has 0 unspecified atom stereocenters. The fourth-order valence-corrected chi connectivity index (χ4v) is 1.09. The number of nitrogens with zero attached hydrogens (tertiary/aromatic N) is 1. The van der Waals surface area contributed by atoms with E-state index in [4.69, 9.17) is 0 Å². The Hall–Kier alpha value is -0.890. The second-order valence-electron chi connectivity index (χ2n) is 2.89. The van der Waals surface area contributed by atoms with Crippen molar-refractivity contribution in [2.75, 3.05) is 0 Å². The molecule has 0 saturated heterocycles. The third kappa shape index (κ3) is 2.02. The molecule has 1 aromatic heterocycles. The molecule has 1 rings (SSSR count). The lowest BCUT2D eigenvalue weighted by atomic mass is 10.2. The van der Waals surface area contributed by atoms with Gasteiger partial charge in [-0.15, -0.1) is 0 Å². The molecule has 0 aliphatic heterocycles. The van der Waals surface area contributed by atoms with Crippen molar-refractivity contribution in [3.05, 3.63) is 29.1 Å². The number of aryl methyl sites for hydroxylation is 2. The maximum atomic E-state index is 9.21. The van der Waals surface area contributed by atoms with E-state index in [0.29, 0.717) is 0 Å². The first-order valence-corrected chi connectivity index (χ1v) is 3.73. The van der Waals surface area contributed by atoms with E-state index in [1.54, 1.807) is 6.92 Å². The van der Waals surface area contributed by atoms with Crippen LogP contribution in [0.3, 0.4) is 0 Å². The maximum absolute atomic E-state index is 9.21. The molecule has 0 aliphatic rings. The van der Waals surface area contributed by atoms with Crippen molar-refractivity contribution < 1.29 is 5.11 Å². The standard InChI is InChI=1S/C9H13NO/c1-6-4-7(2)10-9(5-6)8(3)11/h4-5,8,11H,1-3H3/t8-/m1/s1. The zero-order valence-electron chi connectivity index (χ0n) is 7.13. The number of hydrogen-bond donors (Lipinski definition) is 1. The van der Waals surface area contributed by atoms with Crippen LogP contribution < -0.4 is 0 Å². The van der Waals surface area contributed by atoms with Crippen LogP contribution in [0.25, 0.3) is 0 Å². The molecular formula is C9H13NO. The summed E-state index contributed by atoms with van der Waals surface area (Å²) in [5.41, 5.74) is 2.86. The molecule has 0 aromatic carbocycles. The highest BCUT2D eigenvalue weighted by Crippen LogP contribution is 2.11. The van der Waals surface area contributed by atoms with Crippen LogP contribution in [0.2, 0.25) is 0 Å². The van der Waals surface area contributed by atoms with Crippen molar-refractivity contribution in [3.63, 3.8) is 0 Å². The minimum Gasteiger partial charge on any atom is -0.387 e. The summed E-state index contributed by atoms with van der Waals surface area (Å²) in [5, 5.41) is 9.21. The number of aliphatic hydroxyl groups excluding tert-OH is 1. The summed E-state index contributed by atoms with van der Waals surface area (Å²) in [7, 11) is 0. The maximum Gasteiger partial charge on any atom is 0.0931 e. The number of hydrogen-bond acceptors (Lipinski definition) is 2. The first-order valence-electron chi connectivity index (χ1n) is 3.73. The highest BCUT2D eigenvalue weighted by Gasteiger charge is 2.02. The second kappa shape index (κ2) is 3.01. The molecule has 0 radical (unpaired) electrons. The molecule has 0 fully saturated rings. The van der Waals surface area contributed by atoms with Gasteiger partial charge in [-0.05, 0) is 38.5 Å². The lowest BCUT2D eigenvalue weighted by Crippen LogP contribution is -1.97. The smallest absolute Gasteiger partial charge is 0.0931 e. The molecule has 2 heteroatoms. The molecule has 0 aliphatic carbocycles. The van der Waals surface area contributed by atoms with Gasteiger partial charge in [-0.3, -0.25) is 4.98 Å².